The smallest absolute Gasteiger partial charge is 0.290 e. The van der Waals surface area contributed by atoms with Crippen molar-refractivity contribution >= 4 is 39.0 Å². The van der Waals surface area contributed by atoms with Gasteiger partial charge in [-0.3, -0.25) is 14.9 Å². The van der Waals surface area contributed by atoms with Crippen molar-refractivity contribution in [3.05, 3.63) is 59.0 Å². The lowest BCUT2D eigenvalue weighted by atomic mass is 9.99. The van der Waals surface area contributed by atoms with E-state index < -0.39 is 21.2 Å². The summed E-state index contributed by atoms with van der Waals surface area (Å²) >= 11 is 0.861. The molecule has 1 fully saturated rings. The molecule has 0 aromatic heterocycles. The highest BCUT2D eigenvalue weighted by molar-refractivity contribution is 8.18. The summed E-state index contributed by atoms with van der Waals surface area (Å²) in [4.78, 5) is 25.7. The first-order chi connectivity index (χ1) is 14.2. The lowest BCUT2D eigenvalue weighted by Gasteiger charge is -2.19. The number of hydrogen-bond acceptors (Lipinski definition) is 6. The van der Waals surface area contributed by atoms with Crippen LogP contribution in [-0.2, 0) is 14.8 Å². The van der Waals surface area contributed by atoms with E-state index in [4.69, 9.17) is 0 Å². The SMILES string of the molecule is CN(C)CCN(C)S(=O)(=O)c1ccc(-c2ccccc2C=C2SC(=O)NC2=O)cc1. The predicted octanol–water partition coefficient (Wildman–Crippen LogP) is 2.86. The highest BCUT2D eigenvalue weighted by atomic mass is 32.2. The number of hydrogen-bond donors (Lipinski definition) is 1. The molecule has 7 nitrogen and oxygen atoms in total. The van der Waals surface area contributed by atoms with Gasteiger partial charge in [-0.1, -0.05) is 36.4 Å². The van der Waals surface area contributed by atoms with Crippen molar-refractivity contribution in [3.8, 4) is 11.1 Å². The molecule has 0 aliphatic carbocycles. The largest absolute Gasteiger partial charge is 0.308 e. The van der Waals surface area contributed by atoms with E-state index in [-0.39, 0.29) is 4.90 Å². The number of imide groups is 1. The zero-order valence-electron chi connectivity index (χ0n) is 17.0. The van der Waals surface area contributed by atoms with Gasteiger partial charge >= 0.3 is 0 Å². The summed E-state index contributed by atoms with van der Waals surface area (Å²) in [6.45, 7) is 1.02. The second-order valence-corrected chi connectivity index (χ2v) is 10.2. The van der Waals surface area contributed by atoms with Crippen LogP contribution in [-0.4, -0.2) is 63.0 Å². The van der Waals surface area contributed by atoms with Gasteiger partial charge in [0.2, 0.25) is 10.0 Å². The standard InChI is InChI=1S/C21H23N3O4S2/c1-23(2)12-13-24(3)30(27,28)17-10-8-15(9-11-17)18-7-5-4-6-16(18)14-19-20(25)22-21(26)29-19/h4-11,14H,12-13H2,1-3H3,(H,22,25,26). The molecule has 1 aliphatic rings. The van der Waals surface area contributed by atoms with Crippen LogP contribution < -0.4 is 5.32 Å². The van der Waals surface area contributed by atoms with Gasteiger partial charge in [0.05, 0.1) is 9.80 Å². The van der Waals surface area contributed by atoms with E-state index in [1.807, 2.05) is 43.3 Å². The van der Waals surface area contributed by atoms with Gasteiger partial charge < -0.3 is 4.90 Å². The van der Waals surface area contributed by atoms with Crippen LogP contribution in [0.3, 0.4) is 0 Å². The summed E-state index contributed by atoms with van der Waals surface area (Å²) < 4.78 is 26.9. The first kappa shape index (κ1) is 22.2. The fourth-order valence-corrected chi connectivity index (χ4v) is 4.73. The van der Waals surface area contributed by atoms with Crippen LogP contribution in [0.15, 0.2) is 58.3 Å². The van der Waals surface area contributed by atoms with Crippen molar-refractivity contribution in [2.75, 3.05) is 34.2 Å². The van der Waals surface area contributed by atoms with E-state index in [2.05, 4.69) is 5.32 Å². The number of rotatable bonds is 7. The number of amides is 2. The topological polar surface area (TPSA) is 86.8 Å². The Balaban J connectivity index is 1.88. The molecule has 1 saturated heterocycles. The third-order valence-electron chi connectivity index (χ3n) is 4.63. The maximum absolute atomic E-state index is 12.8. The van der Waals surface area contributed by atoms with Crippen molar-refractivity contribution in [2.45, 2.75) is 4.90 Å². The molecule has 1 N–H and O–H groups in total. The molecular weight excluding hydrogens is 422 g/mol. The molecule has 2 aromatic carbocycles. The summed E-state index contributed by atoms with van der Waals surface area (Å²) in [6.07, 6.45) is 1.67. The fraction of sp³-hybridized carbons (Fsp3) is 0.238. The molecule has 0 bridgehead atoms. The van der Waals surface area contributed by atoms with E-state index >= 15 is 0 Å². The normalized spacial score (nSPS) is 16.0. The monoisotopic (exact) mass is 445 g/mol. The van der Waals surface area contributed by atoms with Crippen molar-refractivity contribution in [1.29, 1.82) is 0 Å². The Morgan fingerprint density at radius 1 is 0.967 bits per heavy atom. The minimum Gasteiger partial charge on any atom is -0.308 e. The van der Waals surface area contributed by atoms with Gasteiger partial charge in [0, 0.05) is 20.1 Å². The lowest BCUT2D eigenvalue weighted by molar-refractivity contribution is -0.115. The van der Waals surface area contributed by atoms with Crippen molar-refractivity contribution in [1.82, 2.24) is 14.5 Å². The Morgan fingerprint density at radius 2 is 1.63 bits per heavy atom. The number of benzene rings is 2. The average Bonchev–Trinajstić information content (AvgIpc) is 3.03. The number of sulfonamides is 1. The Bertz CT molecular complexity index is 1090. The second kappa shape index (κ2) is 9.13. The van der Waals surface area contributed by atoms with E-state index in [0.717, 1.165) is 28.5 Å². The summed E-state index contributed by atoms with van der Waals surface area (Å²) in [5.41, 5.74) is 2.42. The van der Waals surface area contributed by atoms with Gasteiger partial charge in [0.15, 0.2) is 0 Å². The molecule has 0 spiro atoms. The highest BCUT2D eigenvalue weighted by Gasteiger charge is 2.25. The van der Waals surface area contributed by atoms with Crippen LogP contribution in [0.2, 0.25) is 0 Å². The molecule has 1 aliphatic heterocycles. The molecule has 0 saturated carbocycles. The van der Waals surface area contributed by atoms with E-state index in [1.165, 1.54) is 4.31 Å². The molecule has 30 heavy (non-hydrogen) atoms. The van der Waals surface area contributed by atoms with Crippen molar-refractivity contribution in [3.63, 3.8) is 0 Å². The molecule has 158 valence electrons. The first-order valence-corrected chi connectivity index (χ1v) is 11.5. The zero-order chi connectivity index (χ0) is 21.9. The second-order valence-electron chi connectivity index (χ2n) is 7.09. The predicted molar refractivity (Wildman–Crippen MR) is 119 cm³/mol. The van der Waals surface area contributed by atoms with Gasteiger partial charge in [0.25, 0.3) is 11.1 Å². The number of nitrogens with zero attached hydrogens (tertiary/aromatic N) is 2. The van der Waals surface area contributed by atoms with Gasteiger partial charge in [0.1, 0.15) is 0 Å². The number of carbonyl (C=O) groups is 2. The van der Waals surface area contributed by atoms with Gasteiger partial charge in [-0.05, 0) is 60.8 Å². The minimum atomic E-state index is -3.57. The lowest BCUT2D eigenvalue weighted by Crippen LogP contribution is -2.33. The molecule has 9 heteroatoms. The number of carbonyl (C=O) groups excluding carboxylic acids is 2. The van der Waals surface area contributed by atoms with E-state index in [9.17, 15) is 18.0 Å². The van der Waals surface area contributed by atoms with Crippen LogP contribution >= 0.6 is 11.8 Å². The molecule has 2 amide bonds. The Morgan fingerprint density at radius 3 is 2.23 bits per heavy atom. The van der Waals surface area contributed by atoms with E-state index in [1.54, 1.807) is 37.4 Å². The Hall–Kier alpha value is -2.46. The molecular formula is C21H23N3O4S2. The maximum atomic E-state index is 12.8. The van der Waals surface area contributed by atoms with Crippen LogP contribution in [0.4, 0.5) is 4.79 Å². The average molecular weight is 446 g/mol. The highest BCUT2D eigenvalue weighted by Crippen LogP contribution is 2.31. The van der Waals surface area contributed by atoms with Crippen LogP contribution in [0, 0.1) is 0 Å². The van der Waals surface area contributed by atoms with Crippen molar-refractivity contribution in [2.24, 2.45) is 0 Å². The maximum Gasteiger partial charge on any atom is 0.290 e. The van der Waals surface area contributed by atoms with Crippen molar-refractivity contribution < 1.29 is 18.0 Å². The third kappa shape index (κ3) is 4.99. The summed E-state index contributed by atoms with van der Waals surface area (Å²) in [5.74, 6) is -0.415. The molecule has 0 atom stereocenters. The number of thioether (sulfide) groups is 1. The first-order valence-electron chi connectivity index (χ1n) is 9.24. The summed E-state index contributed by atoms with van der Waals surface area (Å²) in [5, 5.41) is 1.85. The van der Waals surface area contributed by atoms with Gasteiger partial charge in [-0.25, -0.2) is 8.42 Å². The number of likely N-dealkylation sites (N-methyl/N-ethyl adjacent to an activating group) is 2. The summed E-state index contributed by atoms with van der Waals surface area (Å²) in [7, 11) is 1.78. The fourth-order valence-electron chi connectivity index (χ4n) is 2.90. The molecule has 2 aromatic rings. The van der Waals surface area contributed by atoms with E-state index in [0.29, 0.717) is 18.0 Å². The molecule has 0 unspecified atom stereocenters. The molecule has 3 rings (SSSR count). The molecule has 1 heterocycles. The summed E-state index contributed by atoms with van der Waals surface area (Å²) in [6, 6.07) is 14.1. The van der Waals surface area contributed by atoms with Crippen LogP contribution in [0.5, 0.6) is 0 Å². The third-order valence-corrected chi connectivity index (χ3v) is 7.31. The minimum absolute atomic E-state index is 0.222. The quantitative estimate of drug-likeness (QED) is 0.660. The van der Waals surface area contributed by atoms with Crippen LogP contribution in [0.1, 0.15) is 5.56 Å². The van der Waals surface area contributed by atoms with Crippen LogP contribution in [0.25, 0.3) is 17.2 Å². The Labute approximate surface area is 180 Å². The Kier molecular flexibility index (Phi) is 6.77. The van der Waals surface area contributed by atoms with Gasteiger partial charge in [-0.15, -0.1) is 0 Å². The molecule has 0 radical (unpaired) electrons. The number of nitrogens with one attached hydrogen (secondary N) is 1. The van der Waals surface area contributed by atoms with Gasteiger partial charge in [-0.2, -0.15) is 4.31 Å². The zero-order valence-corrected chi connectivity index (χ0v) is 18.6.